The van der Waals surface area contributed by atoms with Gasteiger partial charge in [0.15, 0.2) is 0 Å². The first-order chi connectivity index (χ1) is 5.73. The van der Waals surface area contributed by atoms with E-state index in [0.717, 1.165) is 10.8 Å². The Morgan fingerprint density at radius 3 is 1.75 bits per heavy atom. The third-order valence-corrected chi connectivity index (χ3v) is 5.55. The lowest BCUT2D eigenvalue weighted by molar-refractivity contribution is 0.184. The Morgan fingerprint density at radius 2 is 1.33 bits per heavy atom. The van der Waals surface area contributed by atoms with Crippen LogP contribution in [0, 0.1) is 22.7 Å². The maximum absolute atomic E-state index is 2.60. The third kappa shape index (κ3) is 0.433. The average Bonchev–Trinajstić information content (AvgIpc) is 2.51. The zero-order chi connectivity index (χ0) is 7.97. The lowest BCUT2D eigenvalue weighted by atomic mass is 9.71. The van der Waals surface area contributed by atoms with E-state index in [2.05, 4.69) is 11.9 Å². The Kier molecular flexibility index (Phi) is 0.800. The summed E-state index contributed by atoms with van der Waals surface area (Å²) in [5.74, 6) is 2.33. The second kappa shape index (κ2) is 1.50. The van der Waals surface area contributed by atoms with E-state index in [4.69, 9.17) is 0 Å². The molecule has 5 fully saturated rings. The highest BCUT2D eigenvalue weighted by molar-refractivity contribution is 5.24. The normalized spacial score (nSPS) is 66.8. The average molecular weight is 163 g/mol. The molecule has 5 rings (SSSR count). The van der Waals surface area contributed by atoms with Crippen molar-refractivity contribution in [3.8, 4) is 0 Å². The number of likely N-dealkylation sites (tertiary alicyclic amines) is 1. The minimum Gasteiger partial charge on any atom is -0.305 e. The van der Waals surface area contributed by atoms with E-state index in [1.54, 1.807) is 25.7 Å². The van der Waals surface area contributed by atoms with Crippen molar-refractivity contribution in [2.24, 2.45) is 22.7 Å². The summed E-state index contributed by atoms with van der Waals surface area (Å²) in [6, 6.07) is 0. The minimum atomic E-state index is 0.830. The first-order valence-electron chi connectivity index (χ1n) is 5.42. The van der Waals surface area contributed by atoms with Crippen molar-refractivity contribution in [3.05, 3.63) is 0 Å². The monoisotopic (exact) mass is 163 g/mol. The molecule has 66 valence electrons. The van der Waals surface area contributed by atoms with Gasteiger partial charge in [0, 0.05) is 13.1 Å². The molecule has 12 heavy (non-hydrogen) atoms. The third-order valence-electron chi connectivity index (χ3n) is 5.55. The summed E-state index contributed by atoms with van der Waals surface area (Å²) < 4.78 is 0. The van der Waals surface area contributed by atoms with E-state index in [1.165, 1.54) is 24.9 Å². The minimum absolute atomic E-state index is 0.830. The standard InChI is InChI=1S/C11H17N/c1-12-6-10-2-8-3-11(10,7-12)5-9(8)4-10/h8-9H,2-7H2,1H3. The van der Waals surface area contributed by atoms with Crippen molar-refractivity contribution in [2.75, 3.05) is 20.1 Å². The number of hydrogen-bond donors (Lipinski definition) is 0. The summed E-state index contributed by atoms with van der Waals surface area (Å²) >= 11 is 0. The van der Waals surface area contributed by atoms with Crippen molar-refractivity contribution in [2.45, 2.75) is 25.7 Å². The Bertz CT molecular complexity index is 220. The van der Waals surface area contributed by atoms with Crippen LogP contribution in [0.2, 0.25) is 0 Å². The molecule has 1 nitrogen and oxygen atoms in total. The predicted octanol–water partition coefficient (Wildman–Crippen LogP) is 1.74. The summed E-state index contributed by atoms with van der Waals surface area (Å²) in [6.45, 7) is 2.86. The zero-order valence-corrected chi connectivity index (χ0v) is 7.84. The van der Waals surface area contributed by atoms with E-state index in [1.807, 2.05) is 0 Å². The van der Waals surface area contributed by atoms with E-state index in [-0.39, 0.29) is 0 Å². The maximum atomic E-state index is 2.60. The fraction of sp³-hybridized carbons (Fsp3) is 1.00. The first-order valence-corrected chi connectivity index (χ1v) is 5.42. The number of rotatable bonds is 0. The molecule has 0 radical (unpaired) electrons. The smallest absolute Gasteiger partial charge is 0.00412 e. The molecule has 0 aromatic heterocycles. The summed E-state index contributed by atoms with van der Waals surface area (Å²) in [5.41, 5.74) is 1.66. The Morgan fingerprint density at radius 1 is 0.917 bits per heavy atom. The van der Waals surface area contributed by atoms with Crippen molar-refractivity contribution >= 4 is 0 Å². The molecule has 5 aliphatic rings. The van der Waals surface area contributed by atoms with Crippen LogP contribution in [-0.2, 0) is 0 Å². The second-order valence-corrected chi connectivity index (χ2v) is 6.07. The van der Waals surface area contributed by atoms with Gasteiger partial charge >= 0.3 is 0 Å². The molecule has 0 aromatic rings. The molecule has 0 unspecified atom stereocenters. The Hall–Kier alpha value is -0.0400. The SMILES string of the molecule is CN1CC23CC4CC2(CC4C3)C1. The molecule has 4 bridgehead atoms. The van der Waals surface area contributed by atoms with Gasteiger partial charge in [-0.2, -0.15) is 0 Å². The van der Waals surface area contributed by atoms with E-state index < -0.39 is 0 Å². The van der Waals surface area contributed by atoms with Crippen molar-refractivity contribution in [3.63, 3.8) is 0 Å². The Labute approximate surface area is 74.1 Å². The summed E-state index contributed by atoms with van der Waals surface area (Å²) in [6.07, 6.45) is 6.40. The highest BCUT2D eigenvalue weighted by atomic mass is 15.2. The van der Waals surface area contributed by atoms with Crippen molar-refractivity contribution < 1.29 is 0 Å². The molecule has 0 aromatic carbocycles. The van der Waals surface area contributed by atoms with Gasteiger partial charge in [-0.25, -0.2) is 0 Å². The van der Waals surface area contributed by atoms with Crippen LogP contribution < -0.4 is 0 Å². The van der Waals surface area contributed by atoms with Gasteiger partial charge in [-0.3, -0.25) is 0 Å². The molecule has 4 aliphatic carbocycles. The van der Waals surface area contributed by atoms with Crippen LogP contribution in [-0.4, -0.2) is 25.0 Å². The molecule has 1 saturated heterocycles. The largest absolute Gasteiger partial charge is 0.305 e. The van der Waals surface area contributed by atoms with Gasteiger partial charge in [-0.1, -0.05) is 0 Å². The summed E-state index contributed by atoms with van der Waals surface area (Å²) in [4.78, 5) is 2.60. The fourth-order valence-corrected chi connectivity index (χ4v) is 5.53. The predicted molar refractivity (Wildman–Crippen MR) is 47.8 cm³/mol. The first kappa shape index (κ1) is 6.42. The van der Waals surface area contributed by atoms with Crippen LogP contribution in [0.1, 0.15) is 25.7 Å². The molecule has 1 heterocycles. The van der Waals surface area contributed by atoms with Gasteiger partial charge in [0.05, 0.1) is 0 Å². The molecule has 4 saturated carbocycles. The van der Waals surface area contributed by atoms with Crippen LogP contribution in [0.4, 0.5) is 0 Å². The highest BCUT2D eigenvalue weighted by Crippen LogP contribution is 2.78. The molecule has 0 N–H and O–H groups in total. The van der Waals surface area contributed by atoms with E-state index in [9.17, 15) is 0 Å². The van der Waals surface area contributed by atoms with Crippen LogP contribution >= 0.6 is 0 Å². The van der Waals surface area contributed by atoms with Gasteiger partial charge in [-0.15, -0.1) is 0 Å². The maximum Gasteiger partial charge on any atom is 0.00412 e. The summed E-state index contributed by atoms with van der Waals surface area (Å²) in [7, 11) is 2.32. The van der Waals surface area contributed by atoms with Crippen LogP contribution in [0.3, 0.4) is 0 Å². The summed E-state index contributed by atoms with van der Waals surface area (Å²) in [5, 5.41) is 0. The lowest BCUT2D eigenvalue weighted by Gasteiger charge is -2.32. The molecular formula is C11H17N. The fourth-order valence-electron chi connectivity index (χ4n) is 5.53. The van der Waals surface area contributed by atoms with Crippen molar-refractivity contribution in [1.82, 2.24) is 4.90 Å². The molecule has 0 amide bonds. The van der Waals surface area contributed by atoms with Gasteiger partial charge in [0.1, 0.15) is 0 Å². The van der Waals surface area contributed by atoms with Crippen molar-refractivity contribution in [1.29, 1.82) is 0 Å². The van der Waals surface area contributed by atoms with Crippen LogP contribution in [0.15, 0.2) is 0 Å². The molecule has 0 atom stereocenters. The molecular weight excluding hydrogens is 146 g/mol. The Balaban J connectivity index is 1.91. The van der Waals surface area contributed by atoms with Gasteiger partial charge < -0.3 is 4.90 Å². The van der Waals surface area contributed by atoms with Gasteiger partial charge in [0.25, 0.3) is 0 Å². The van der Waals surface area contributed by atoms with Crippen LogP contribution in [0.5, 0.6) is 0 Å². The lowest BCUT2D eigenvalue weighted by Crippen LogP contribution is -2.30. The van der Waals surface area contributed by atoms with Gasteiger partial charge in [-0.05, 0) is 55.4 Å². The second-order valence-electron chi connectivity index (χ2n) is 6.07. The number of hydrogen-bond acceptors (Lipinski definition) is 1. The molecule has 1 heteroatoms. The quantitative estimate of drug-likeness (QED) is 0.526. The van der Waals surface area contributed by atoms with Crippen LogP contribution in [0.25, 0.3) is 0 Å². The zero-order valence-electron chi connectivity index (χ0n) is 7.84. The highest BCUT2D eigenvalue weighted by Gasteiger charge is 2.73. The molecule has 1 aliphatic heterocycles. The van der Waals surface area contributed by atoms with Gasteiger partial charge in [0.2, 0.25) is 0 Å². The topological polar surface area (TPSA) is 3.24 Å². The van der Waals surface area contributed by atoms with E-state index in [0.29, 0.717) is 0 Å². The molecule has 2 spiro atoms. The number of nitrogens with zero attached hydrogens (tertiary/aromatic N) is 1. The van der Waals surface area contributed by atoms with E-state index >= 15 is 0 Å².